The van der Waals surface area contributed by atoms with E-state index in [1.54, 1.807) is 12.2 Å². The summed E-state index contributed by atoms with van der Waals surface area (Å²) in [5.41, 5.74) is 4.43. The highest BCUT2D eigenvalue weighted by Gasteiger charge is 2.31. The Morgan fingerprint density at radius 2 is 1.62 bits per heavy atom. The maximum atomic E-state index is 12.7. The van der Waals surface area contributed by atoms with Crippen molar-refractivity contribution in [2.24, 2.45) is 0 Å². The van der Waals surface area contributed by atoms with Crippen LogP contribution in [0.3, 0.4) is 0 Å². The summed E-state index contributed by atoms with van der Waals surface area (Å²) in [5, 5.41) is 2.64. The van der Waals surface area contributed by atoms with E-state index >= 15 is 0 Å². The van der Waals surface area contributed by atoms with Gasteiger partial charge in [0, 0.05) is 16.9 Å². The fourth-order valence-electron chi connectivity index (χ4n) is 3.82. The number of hydrogen-bond donors (Lipinski definition) is 1. The second kappa shape index (κ2) is 9.20. The van der Waals surface area contributed by atoms with Gasteiger partial charge in [-0.3, -0.25) is 0 Å². The highest BCUT2D eigenvalue weighted by atomic mass is 79.9. The lowest BCUT2D eigenvalue weighted by Crippen LogP contribution is -2.26. The molecule has 32 heavy (non-hydrogen) atoms. The van der Waals surface area contributed by atoms with Crippen LogP contribution in [0, 0.1) is 0 Å². The Morgan fingerprint density at radius 3 is 2.22 bits per heavy atom. The Bertz CT molecular complexity index is 1130. The molecule has 0 bridgehead atoms. The van der Waals surface area contributed by atoms with Gasteiger partial charge in [0.1, 0.15) is 6.61 Å². The Morgan fingerprint density at radius 1 is 1.00 bits per heavy atom. The molecular weight excluding hydrogens is 483 g/mol. The van der Waals surface area contributed by atoms with Crippen molar-refractivity contribution in [2.75, 3.05) is 13.2 Å². The zero-order valence-corrected chi connectivity index (χ0v) is 18.4. The van der Waals surface area contributed by atoms with E-state index in [9.17, 15) is 18.0 Å². The molecule has 1 amide bonds. The normalized spacial score (nSPS) is 13.1. The second-order valence-corrected chi connectivity index (χ2v) is 8.20. The van der Waals surface area contributed by atoms with Crippen LogP contribution in [0.1, 0.15) is 28.2 Å². The molecule has 7 heteroatoms. The molecule has 1 aliphatic carbocycles. The van der Waals surface area contributed by atoms with Crippen LogP contribution in [0.15, 0.2) is 77.3 Å². The van der Waals surface area contributed by atoms with E-state index in [1.807, 2.05) is 36.4 Å². The van der Waals surface area contributed by atoms with E-state index in [1.165, 1.54) is 6.07 Å². The topological polar surface area (TPSA) is 38.3 Å². The molecule has 164 valence electrons. The number of carbonyl (C=O) groups is 1. The molecule has 1 aliphatic rings. The first-order chi connectivity index (χ1) is 15.3. The number of alkyl carbamates (subject to hydrolysis) is 1. The van der Waals surface area contributed by atoms with E-state index in [4.69, 9.17) is 4.74 Å². The van der Waals surface area contributed by atoms with Crippen molar-refractivity contribution in [3.63, 3.8) is 0 Å². The summed E-state index contributed by atoms with van der Waals surface area (Å²) < 4.78 is 44.0. The summed E-state index contributed by atoms with van der Waals surface area (Å²) >= 11 is 3.15. The summed E-state index contributed by atoms with van der Waals surface area (Å²) in [6.07, 6.45) is -1.66. The molecule has 3 aromatic rings. The highest BCUT2D eigenvalue weighted by molar-refractivity contribution is 9.10. The van der Waals surface area contributed by atoms with E-state index in [-0.39, 0.29) is 19.1 Å². The van der Waals surface area contributed by atoms with Gasteiger partial charge in [-0.05, 0) is 39.9 Å². The SMILES string of the molecule is O=C(NCC=Cc1ccc(C(F)(F)F)cc1Br)OCC1c2ccccc2-c2ccccc21. The number of benzene rings is 3. The lowest BCUT2D eigenvalue weighted by molar-refractivity contribution is -0.137. The molecule has 0 aromatic heterocycles. The highest BCUT2D eigenvalue weighted by Crippen LogP contribution is 2.44. The van der Waals surface area contributed by atoms with Crippen LogP contribution >= 0.6 is 15.9 Å². The van der Waals surface area contributed by atoms with Gasteiger partial charge in [-0.2, -0.15) is 13.2 Å². The van der Waals surface area contributed by atoms with Crippen LogP contribution in [-0.4, -0.2) is 19.2 Å². The van der Waals surface area contributed by atoms with E-state index in [0.717, 1.165) is 34.4 Å². The van der Waals surface area contributed by atoms with Crippen LogP contribution in [0.5, 0.6) is 0 Å². The average molecular weight is 502 g/mol. The van der Waals surface area contributed by atoms with Gasteiger partial charge in [0.25, 0.3) is 0 Å². The first kappa shape index (κ1) is 22.1. The minimum absolute atomic E-state index is 0.0215. The predicted octanol–water partition coefficient (Wildman–Crippen LogP) is 7.02. The molecule has 0 spiro atoms. The van der Waals surface area contributed by atoms with E-state index in [2.05, 4.69) is 33.4 Å². The fourth-order valence-corrected chi connectivity index (χ4v) is 4.33. The standard InChI is InChI=1S/C25H19BrF3NO2/c26-23-14-17(25(27,28)29)12-11-16(23)6-5-13-30-24(31)32-15-22-20-9-3-1-7-18(20)19-8-2-4-10-21(19)22/h1-12,14,22H,13,15H2,(H,30,31). The third-order valence-electron chi connectivity index (χ3n) is 5.33. The number of carbonyl (C=O) groups excluding carboxylic acids is 1. The lowest BCUT2D eigenvalue weighted by atomic mass is 9.98. The minimum atomic E-state index is -4.39. The van der Waals surface area contributed by atoms with Crippen molar-refractivity contribution >= 4 is 28.1 Å². The number of fused-ring (bicyclic) bond motifs is 3. The molecular formula is C25H19BrF3NO2. The summed E-state index contributed by atoms with van der Waals surface area (Å²) in [5.74, 6) is -0.0215. The first-order valence-corrected chi connectivity index (χ1v) is 10.8. The Hall–Kier alpha value is -3.06. The second-order valence-electron chi connectivity index (χ2n) is 7.34. The van der Waals surface area contributed by atoms with Crippen LogP contribution < -0.4 is 5.32 Å². The molecule has 0 fully saturated rings. The van der Waals surface area contributed by atoms with Crippen molar-refractivity contribution in [1.82, 2.24) is 5.32 Å². The molecule has 3 nitrogen and oxygen atoms in total. The molecule has 3 aromatic carbocycles. The lowest BCUT2D eigenvalue weighted by Gasteiger charge is -2.14. The van der Waals surface area contributed by atoms with Crippen molar-refractivity contribution in [3.8, 4) is 11.1 Å². The van der Waals surface area contributed by atoms with Gasteiger partial charge >= 0.3 is 12.3 Å². The molecule has 4 rings (SSSR count). The van der Waals surface area contributed by atoms with Crippen LogP contribution in [0.2, 0.25) is 0 Å². The molecule has 0 saturated carbocycles. The maximum absolute atomic E-state index is 12.7. The van der Waals surface area contributed by atoms with Gasteiger partial charge in [0.15, 0.2) is 0 Å². The number of halogens is 4. The number of hydrogen-bond acceptors (Lipinski definition) is 2. The third-order valence-corrected chi connectivity index (χ3v) is 6.02. The number of nitrogens with one attached hydrogen (secondary N) is 1. The van der Waals surface area contributed by atoms with Gasteiger partial charge < -0.3 is 10.1 Å². The molecule has 0 radical (unpaired) electrons. The first-order valence-electron chi connectivity index (χ1n) is 9.96. The van der Waals surface area contributed by atoms with Crippen LogP contribution in [0.4, 0.5) is 18.0 Å². The van der Waals surface area contributed by atoms with Gasteiger partial charge in [0.2, 0.25) is 0 Å². The van der Waals surface area contributed by atoms with Crippen LogP contribution in [0.25, 0.3) is 17.2 Å². The zero-order chi connectivity index (χ0) is 22.7. The molecule has 0 unspecified atom stereocenters. The Labute approximate surface area is 192 Å². The quantitative estimate of drug-likeness (QED) is 0.407. The summed E-state index contributed by atoms with van der Waals surface area (Å²) in [6, 6.07) is 19.6. The average Bonchev–Trinajstić information content (AvgIpc) is 3.09. The molecule has 1 N–H and O–H groups in total. The largest absolute Gasteiger partial charge is 0.449 e. The zero-order valence-electron chi connectivity index (χ0n) is 16.8. The van der Waals surface area contributed by atoms with Gasteiger partial charge in [-0.15, -0.1) is 0 Å². The Balaban J connectivity index is 1.32. The molecule has 0 saturated heterocycles. The van der Waals surface area contributed by atoms with Crippen molar-refractivity contribution in [2.45, 2.75) is 12.1 Å². The smallest absolute Gasteiger partial charge is 0.416 e. The van der Waals surface area contributed by atoms with Gasteiger partial charge in [0.05, 0.1) is 5.56 Å². The van der Waals surface area contributed by atoms with Gasteiger partial charge in [-0.25, -0.2) is 4.79 Å². The predicted molar refractivity (Wildman–Crippen MR) is 121 cm³/mol. The fraction of sp³-hybridized carbons (Fsp3) is 0.160. The Kier molecular flexibility index (Phi) is 6.37. The molecule has 0 heterocycles. The summed E-state index contributed by atoms with van der Waals surface area (Å²) in [4.78, 5) is 12.2. The number of alkyl halides is 3. The molecule has 0 aliphatic heterocycles. The summed E-state index contributed by atoms with van der Waals surface area (Å²) in [6.45, 7) is 0.401. The number of ether oxygens (including phenoxy) is 1. The third kappa shape index (κ3) is 4.72. The monoisotopic (exact) mass is 501 g/mol. The molecule has 0 atom stereocenters. The van der Waals surface area contributed by atoms with Crippen molar-refractivity contribution in [1.29, 1.82) is 0 Å². The van der Waals surface area contributed by atoms with E-state index in [0.29, 0.717) is 10.0 Å². The summed E-state index contributed by atoms with van der Waals surface area (Å²) in [7, 11) is 0. The van der Waals surface area contributed by atoms with Crippen molar-refractivity contribution in [3.05, 3.63) is 99.5 Å². The number of amides is 1. The van der Waals surface area contributed by atoms with Gasteiger partial charge in [-0.1, -0.05) is 82.7 Å². The number of rotatable bonds is 5. The minimum Gasteiger partial charge on any atom is -0.449 e. The van der Waals surface area contributed by atoms with Crippen molar-refractivity contribution < 1.29 is 22.7 Å². The van der Waals surface area contributed by atoms with Crippen LogP contribution in [-0.2, 0) is 10.9 Å². The maximum Gasteiger partial charge on any atom is 0.416 e. The van der Waals surface area contributed by atoms with E-state index < -0.39 is 17.8 Å².